The number of methoxy groups -OCH3 is 1. The van der Waals surface area contributed by atoms with E-state index in [1.807, 2.05) is 6.07 Å². The number of fused-ring (bicyclic) bond motifs is 2. The lowest BCUT2D eigenvalue weighted by molar-refractivity contribution is -0.177. The summed E-state index contributed by atoms with van der Waals surface area (Å²) in [6.45, 7) is 3.34. The van der Waals surface area contributed by atoms with E-state index < -0.39 is 28.0 Å². The van der Waals surface area contributed by atoms with E-state index in [1.54, 1.807) is 56.4 Å². The smallest absolute Gasteiger partial charge is 0.234 e. The van der Waals surface area contributed by atoms with Gasteiger partial charge < -0.3 is 19.9 Å². The lowest BCUT2D eigenvalue weighted by atomic mass is 9.47. The standard InChI is InChI=1S/C35H33F2N3O5/c1-32(31(42)40-35-16-34(37,17-35)18-35)19-45-30-24(32)15-27(39-29(30)20-6-8-23(36)9-7-20)33(2,43)11-10-25(41)22-13-21-5-4-12-38-28(21)26(14-22)44-3/h4-9,12-15,43H,10-11,16-19H2,1-3H3,(H,40,42)/t32-,33-,34?,35?/m0/s1. The number of hydrogen-bond acceptors (Lipinski definition) is 7. The van der Waals surface area contributed by atoms with Crippen molar-refractivity contribution in [2.75, 3.05) is 13.7 Å². The van der Waals surface area contributed by atoms with Crippen LogP contribution in [-0.4, -0.2) is 51.7 Å². The SMILES string of the molecule is COc1cc(C(=O)CC[C@](C)(O)c2cc3c(c(-c4ccc(F)cc4)n2)OC[C@]3(C)C(=O)NC23CC(F)(C2)C3)cc2cccnc12. The molecule has 8 nitrogen and oxygen atoms in total. The highest BCUT2D eigenvalue weighted by atomic mass is 19.1. The highest BCUT2D eigenvalue weighted by Gasteiger charge is 2.70. The quantitative estimate of drug-likeness (QED) is 0.232. The molecule has 2 aromatic carbocycles. The summed E-state index contributed by atoms with van der Waals surface area (Å²) in [7, 11) is 1.52. The van der Waals surface area contributed by atoms with Crippen LogP contribution in [0.1, 0.15) is 67.6 Å². The van der Waals surface area contributed by atoms with Crippen LogP contribution < -0.4 is 14.8 Å². The molecule has 8 rings (SSSR count). The van der Waals surface area contributed by atoms with E-state index in [4.69, 9.17) is 14.5 Å². The molecule has 0 saturated heterocycles. The minimum absolute atomic E-state index is 0.00563. The Hall–Kier alpha value is -4.44. The molecule has 3 saturated carbocycles. The van der Waals surface area contributed by atoms with Crippen LogP contribution in [0, 0.1) is 5.82 Å². The molecule has 3 heterocycles. The molecule has 3 fully saturated rings. The molecule has 2 N–H and O–H groups in total. The summed E-state index contributed by atoms with van der Waals surface area (Å²) in [6.07, 6.45) is 2.59. The Kier molecular flexibility index (Phi) is 6.53. The van der Waals surface area contributed by atoms with Gasteiger partial charge in [0, 0.05) is 59.5 Å². The van der Waals surface area contributed by atoms with Gasteiger partial charge in [-0.1, -0.05) is 6.07 Å². The second-order valence-electron chi connectivity index (χ2n) is 13.2. The second-order valence-corrected chi connectivity index (χ2v) is 13.2. The Balaban J connectivity index is 1.21. The monoisotopic (exact) mass is 613 g/mol. The van der Waals surface area contributed by atoms with E-state index in [1.165, 1.54) is 19.2 Å². The van der Waals surface area contributed by atoms with Gasteiger partial charge in [-0.05, 0) is 68.8 Å². The number of nitrogens with zero attached hydrogens (tertiary/aromatic N) is 2. The Bertz CT molecular complexity index is 1860. The van der Waals surface area contributed by atoms with Crippen molar-refractivity contribution in [3.63, 3.8) is 0 Å². The maximum absolute atomic E-state index is 14.2. The van der Waals surface area contributed by atoms with Crippen LogP contribution in [-0.2, 0) is 15.8 Å². The number of ether oxygens (including phenoxy) is 2. The van der Waals surface area contributed by atoms with E-state index in [9.17, 15) is 23.5 Å². The Morgan fingerprint density at radius 1 is 1.13 bits per heavy atom. The second kappa shape index (κ2) is 10.0. The molecule has 10 heteroatoms. The third-order valence-corrected chi connectivity index (χ3v) is 9.64. The first-order valence-electron chi connectivity index (χ1n) is 15.0. The lowest BCUT2D eigenvalue weighted by Crippen LogP contribution is -2.77. The van der Waals surface area contributed by atoms with Gasteiger partial charge >= 0.3 is 0 Å². The summed E-state index contributed by atoms with van der Waals surface area (Å²) in [6, 6.07) is 14.4. The molecule has 0 spiro atoms. The Morgan fingerprint density at radius 3 is 2.56 bits per heavy atom. The van der Waals surface area contributed by atoms with Crippen LogP contribution in [0.3, 0.4) is 0 Å². The van der Waals surface area contributed by atoms with Crippen molar-refractivity contribution in [2.24, 2.45) is 0 Å². The number of nitrogens with one attached hydrogen (secondary N) is 1. The van der Waals surface area contributed by atoms with E-state index >= 15 is 0 Å². The number of carbonyl (C=O) groups is 2. The molecule has 1 aliphatic heterocycles. The summed E-state index contributed by atoms with van der Waals surface area (Å²) in [5, 5.41) is 15.6. The summed E-state index contributed by atoms with van der Waals surface area (Å²) in [5.74, 6) is -0.0694. The van der Waals surface area contributed by atoms with Crippen molar-refractivity contribution in [1.82, 2.24) is 15.3 Å². The van der Waals surface area contributed by atoms with Crippen molar-refractivity contribution >= 4 is 22.6 Å². The van der Waals surface area contributed by atoms with Gasteiger partial charge in [-0.15, -0.1) is 0 Å². The van der Waals surface area contributed by atoms with Crippen LogP contribution in [0.5, 0.6) is 11.5 Å². The van der Waals surface area contributed by atoms with Gasteiger partial charge in [-0.2, -0.15) is 0 Å². The van der Waals surface area contributed by atoms with Gasteiger partial charge in [0.05, 0.1) is 12.8 Å². The van der Waals surface area contributed by atoms with Gasteiger partial charge in [-0.25, -0.2) is 13.8 Å². The summed E-state index contributed by atoms with van der Waals surface area (Å²) < 4.78 is 39.6. The number of Topliss-reactive ketones (excluding diaryl/α,β-unsaturated/α-hetero) is 1. The van der Waals surface area contributed by atoms with E-state index in [0.29, 0.717) is 58.7 Å². The fourth-order valence-electron chi connectivity index (χ4n) is 6.93. The minimum atomic E-state index is -1.59. The normalized spacial score (nSPS) is 25.7. The van der Waals surface area contributed by atoms with Crippen molar-refractivity contribution < 1.29 is 33.0 Å². The highest BCUT2D eigenvalue weighted by Crippen LogP contribution is 2.63. The Morgan fingerprint density at radius 2 is 1.87 bits per heavy atom. The number of carbonyl (C=O) groups excluding carboxylic acids is 2. The molecule has 4 aliphatic rings. The molecule has 3 aliphatic carbocycles. The first kappa shape index (κ1) is 29.3. The molecular formula is C35H33F2N3O5. The average Bonchev–Trinajstić information content (AvgIpc) is 3.35. The topological polar surface area (TPSA) is 111 Å². The van der Waals surface area contributed by atoms with Gasteiger partial charge in [0.2, 0.25) is 5.91 Å². The zero-order valence-corrected chi connectivity index (χ0v) is 25.2. The van der Waals surface area contributed by atoms with Gasteiger partial charge in [-0.3, -0.25) is 14.6 Å². The first-order valence-corrected chi connectivity index (χ1v) is 15.0. The van der Waals surface area contributed by atoms with Crippen molar-refractivity contribution in [3.05, 3.63) is 83.4 Å². The van der Waals surface area contributed by atoms with Gasteiger partial charge in [0.15, 0.2) is 5.78 Å². The number of aliphatic hydroxyl groups is 1. The van der Waals surface area contributed by atoms with Crippen molar-refractivity contribution in [1.29, 1.82) is 0 Å². The van der Waals surface area contributed by atoms with Crippen LogP contribution in [0.2, 0.25) is 0 Å². The lowest BCUT2D eigenvalue weighted by Gasteiger charge is -2.66. The number of amides is 1. The zero-order chi connectivity index (χ0) is 31.8. The van der Waals surface area contributed by atoms with Crippen molar-refractivity contribution in [3.8, 4) is 22.8 Å². The van der Waals surface area contributed by atoms with Gasteiger partial charge in [0.1, 0.15) is 51.8 Å². The molecular weight excluding hydrogens is 580 g/mol. The molecule has 232 valence electrons. The van der Waals surface area contributed by atoms with Crippen LogP contribution in [0.15, 0.2) is 60.8 Å². The summed E-state index contributed by atoms with van der Waals surface area (Å²) in [5.41, 5.74) is -1.71. The minimum Gasteiger partial charge on any atom is -0.494 e. The number of alkyl halides is 1. The predicted octanol–water partition coefficient (Wildman–Crippen LogP) is 5.73. The molecule has 2 aromatic heterocycles. The van der Waals surface area contributed by atoms with E-state index in [0.717, 1.165) is 5.39 Å². The van der Waals surface area contributed by atoms with Crippen molar-refractivity contribution in [2.45, 2.75) is 68.2 Å². The first-order chi connectivity index (χ1) is 21.3. The third-order valence-electron chi connectivity index (χ3n) is 9.64. The fraction of sp³-hybridized carbons (Fsp3) is 0.371. The fourth-order valence-corrected chi connectivity index (χ4v) is 6.93. The molecule has 4 aromatic rings. The summed E-state index contributed by atoms with van der Waals surface area (Å²) >= 11 is 0. The molecule has 2 atom stereocenters. The average molecular weight is 614 g/mol. The third kappa shape index (κ3) is 4.82. The Labute approximate surface area is 258 Å². The number of ketones is 1. The maximum Gasteiger partial charge on any atom is 0.234 e. The number of benzene rings is 2. The van der Waals surface area contributed by atoms with Crippen LogP contribution in [0.4, 0.5) is 8.78 Å². The summed E-state index contributed by atoms with van der Waals surface area (Å²) in [4.78, 5) is 36.2. The molecule has 2 bridgehead atoms. The molecule has 0 unspecified atom stereocenters. The van der Waals surface area contributed by atoms with Crippen LogP contribution >= 0.6 is 0 Å². The molecule has 1 amide bonds. The van der Waals surface area contributed by atoms with E-state index in [-0.39, 0.29) is 36.8 Å². The number of aromatic nitrogens is 2. The largest absolute Gasteiger partial charge is 0.494 e. The number of pyridine rings is 2. The van der Waals surface area contributed by atoms with Crippen LogP contribution in [0.25, 0.3) is 22.2 Å². The number of halogens is 2. The molecule has 0 radical (unpaired) electrons. The van der Waals surface area contributed by atoms with Gasteiger partial charge in [0.25, 0.3) is 0 Å². The predicted molar refractivity (Wildman–Crippen MR) is 162 cm³/mol. The molecule has 45 heavy (non-hydrogen) atoms. The number of hydrogen-bond donors (Lipinski definition) is 2. The number of rotatable bonds is 9. The highest BCUT2D eigenvalue weighted by molar-refractivity contribution is 6.01. The maximum atomic E-state index is 14.2. The van der Waals surface area contributed by atoms with E-state index in [2.05, 4.69) is 10.3 Å². The zero-order valence-electron chi connectivity index (χ0n) is 25.2.